The van der Waals surface area contributed by atoms with Crippen LogP contribution in [0.25, 0.3) is 5.69 Å². The predicted octanol–water partition coefficient (Wildman–Crippen LogP) is 2.64. The van der Waals surface area contributed by atoms with Crippen molar-refractivity contribution in [2.24, 2.45) is 0 Å². The molecule has 0 amide bonds. The van der Waals surface area contributed by atoms with Crippen LogP contribution in [0.4, 0.5) is 4.39 Å². The van der Waals surface area contributed by atoms with Crippen LogP contribution in [-0.2, 0) is 0 Å². The van der Waals surface area contributed by atoms with Gasteiger partial charge in [-0.25, -0.2) is 14.1 Å². The van der Waals surface area contributed by atoms with E-state index in [1.807, 2.05) is 30.3 Å². The number of carbonyl (C=O) groups is 1. The van der Waals surface area contributed by atoms with Crippen LogP contribution >= 0.6 is 0 Å². The molecule has 5 heteroatoms. The second-order valence-electron chi connectivity index (χ2n) is 4.13. The van der Waals surface area contributed by atoms with Crippen LogP contribution in [0.2, 0.25) is 0 Å². The fraction of sp³-hybridized carbons (Fsp3) is 0. The molecule has 20 heavy (non-hydrogen) atoms. The molecule has 1 aromatic carbocycles. The Morgan fingerprint density at radius 1 is 1.00 bits per heavy atom. The number of pyridine rings is 1. The van der Waals surface area contributed by atoms with Gasteiger partial charge in [0.2, 0.25) is 5.78 Å². The number of benzene rings is 1. The number of para-hydroxylation sites is 1. The van der Waals surface area contributed by atoms with Gasteiger partial charge in [-0.05, 0) is 30.3 Å². The van der Waals surface area contributed by atoms with E-state index in [2.05, 4.69) is 10.1 Å². The Bertz CT molecular complexity index is 753. The average molecular weight is 267 g/mol. The van der Waals surface area contributed by atoms with Crippen molar-refractivity contribution >= 4 is 5.78 Å². The lowest BCUT2D eigenvalue weighted by molar-refractivity contribution is 0.102. The molecule has 0 aliphatic heterocycles. The summed E-state index contributed by atoms with van der Waals surface area (Å²) in [7, 11) is 0. The lowest BCUT2D eigenvalue weighted by atomic mass is 10.2. The fourth-order valence-electron chi connectivity index (χ4n) is 1.92. The molecule has 0 spiro atoms. The average Bonchev–Trinajstić information content (AvgIpc) is 2.97. The molecule has 3 rings (SSSR count). The number of hydrogen-bond donors (Lipinski definition) is 0. The second-order valence-corrected chi connectivity index (χ2v) is 4.13. The molecule has 0 radical (unpaired) electrons. The van der Waals surface area contributed by atoms with E-state index >= 15 is 0 Å². The van der Waals surface area contributed by atoms with Crippen molar-refractivity contribution in [2.45, 2.75) is 0 Å². The summed E-state index contributed by atoms with van der Waals surface area (Å²) in [6.07, 6.45) is 2.89. The largest absolute Gasteiger partial charge is 0.285 e. The van der Waals surface area contributed by atoms with Gasteiger partial charge >= 0.3 is 0 Å². The van der Waals surface area contributed by atoms with Crippen LogP contribution in [0.15, 0.2) is 60.9 Å². The van der Waals surface area contributed by atoms with Gasteiger partial charge in [0.1, 0.15) is 11.4 Å². The van der Waals surface area contributed by atoms with Crippen molar-refractivity contribution in [3.63, 3.8) is 0 Å². The minimum atomic E-state index is -0.640. The zero-order valence-electron chi connectivity index (χ0n) is 10.4. The Morgan fingerprint density at radius 2 is 1.80 bits per heavy atom. The quantitative estimate of drug-likeness (QED) is 0.685. The Hall–Kier alpha value is -2.82. The van der Waals surface area contributed by atoms with E-state index in [1.54, 1.807) is 6.07 Å². The van der Waals surface area contributed by atoms with Crippen molar-refractivity contribution in [3.8, 4) is 5.69 Å². The molecule has 98 valence electrons. The van der Waals surface area contributed by atoms with Gasteiger partial charge in [-0.15, -0.1) is 0 Å². The summed E-state index contributed by atoms with van der Waals surface area (Å²) in [5.74, 6) is -1.14. The number of ketones is 1. The second kappa shape index (κ2) is 5.05. The van der Waals surface area contributed by atoms with Crippen molar-refractivity contribution in [1.82, 2.24) is 14.8 Å². The van der Waals surface area contributed by atoms with Crippen LogP contribution in [-0.4, -0.2) is 20.5 Å². The molecule has 2 aromatic heterocycles. The van der Waals surface area contributed by atoms with Crippen molar-refractivity contribution in [1.29, 1.82) is 0 Å². The first-order valence-corrected chi connectivity index (χ1v) is 6.02. The van der Waals surface area contributed by atoms with Crippen LogP contribution in [0, 0.1) is 5.82 Å². The molecule has 0 saturated carbocycles. The van der Waals surface area contributed by atoms with Crippen LogP contribution in [0.3, 0.4) is 0 Å². The Kier molecular flexibility index (Phi) is 3.09. The zero-order chi connectivity index (χ0) is 13.9. The Balaban J connectivity index is 2.07. The van der Waals surface area contributed by atoms with Gasteiger partial charge in [0, 0.05) is 6.20 Å². The van der Waals surface area contributed by atoms with E-state index in [4.69, 9.17) is 0 Å². The summed E-state index contributed by atoms with van der Waals surface area (Å²) in [5.41, 5.74) is 0.802. The highest BCUT2D eigenvalue weighted by atomic mass is 19.1. The Labute approximate surface area is 114 Å². The number of aromatic nitrogens is 3. The molecule has 0 unspecified atom stereocenters. The zero-order valence-corrected chi connectivity index (χ0v) is 10.4. The van der Waals surface area contributed by atoms with E-state index in [0.717, 1.165) is 5.69 Å². The smallest absolute Gasteiger partial charge is 0.232 e. The van der Waals surface area contributed by atoms with E-state index in [-0.39, 0.29) is 11.4 Å². The first-order chi connectivity index (χ1) is 9.77. The van der Waals surface area contributed by atoms with Crippen LogP contribution < -0.4 is 0 Å². The molecule has 0 saturated heterocycles. The normalized spacial score (nSPS) is 10.4. The third kappa shape index (κ3) is 2.09. The topological polar surface area (TPSA) is 47.8 Å². The molecular weight excluding hydrogens is 257 g/mol. The van der Waals surface area contributed by atoms with Gasteiger partial charge in [0.15, 0.2) is 5.82 Å². The summed E-state index contributed by atoms with van der Waals surface area (Å²) in [6.45, 7) is 0. The molecule has 0 aliphatic rings. The molecular formula is C15H10FN3O. The van der Waals surface area contributed by atoms with Gasteiger partial charge in [-0.1, -0.05) is 18.2 Å². The molecule has 0 atom stereocenters. The maximum atomic E-state index is 13.7. The molecule has 4 nitrogen and oxygen atoms in total. The Morgan fingerprint density at radius 3 is 2.55 bits per heavy atom. The number of hydrogen-bond acceptors (Lipinski definition) is 3. The molecule has 0 fully saturated rings. The van der Waals surface area contributed by atoms with Gasteiger partial charge in [-0.2, -0.15) is 5.10 Å². The molecule has 2 heterocycles. The fourth-order valence-corrected chi connectivity index (χ4v) is 1.92. The first kappa shape index (κ1) is 12.2. The number of carbonyl (C=O) groups excluding carboxylic acids is 1. The minimum absolute atomic E-state index is 0.204. The summed E-state index contributed by atoms with van der Waals surface area (Å²) >= 11 is 0. The predicted molar refractivity (Wildman–Crippen MR) is 71.2 cm³/mol. The lowest BCUT2D eigenvalue weighted by Crippen LogP contribution is -2.12. The van der Waals surface area contributed by atoms with Gasteiger partial charge < -0.3 is 0 Å². The third-order valence-corrected chi connectivity index (χ3v) is 2.85. The maximum absolute atomic E-state index is 13.7. The summed E-state index contributed by atoms with van der Waals surface area (Å²) in [5, 5.41) is 4.11. The van der Waals surface area contributed by atoms with Crippen molar-refractivity contribution in [2.75, 3.05) is 0 Å². The van der Waals surface area contributed by atoms with Gasteiger partial charge in [0.25, 0.3) is 0 Å². The molecule has 0 aliphatic carbocycles. The minimum Gasteiger partial charge on any atom is -0.285 e. The number of halogens is 1. The van der Waals surface area contributed by atoms with E-state index in [9.17, 15) is 9.18 Å². The SMILES string of the molecule is O=C(c1ncccc1F)c1ccnn1-c1ccccc1. The highest BCUT2D eigenvalue weighted by molar-refractivity contribution is 6.06. The molecule has 0 N–H and O–H groups in total. The van der Waals surface area contributed by atoms with Crippen LogP contribution in [0.5, 0.6) is 0 Å². The lowest BCUT2D eigenvalue weighted by Gasteiger charge is -2.06. The highest BCUT2D eigenvalue weighted by Crippen LogP contribution is 2.14. The first-order valence-electron chi connectivity index (χ1n) is 6.02. The van der Waals surface area contributed by atoms with E-state index < -0.39 is 11.6 Å². The van der Waals surface area contributed by atoms with Crippen molar-refractivity contribution in [3.05, 3.63) is 78.1 Å². The summed E-state index contributed by atoms with van der Waals surface area (Å²) in [4.78, 5) is 16.2. The summed E-state index contributed by atoms with van der Waals surface area (Å²) < 4.78 is 15.1. The van der Waals surface area contributed by atoms with E-state index in [1.165, 1.54) is 29.2 Å². The van der Waals surface area contributed by atoms with E-state index in [0.29, 0.717) is 0 Å². The highest BCUT2D eigenvalue weighted by Gasteiger charge is 2.19. The molecule has 0 bridgehead atoms. The summed E-state index contributed by atoms with van der Waals surface area (Å²) in [6, 6.07) is 13.4. The van der Waals surface area contributed by atoms with Crippen LogP contribution in [0.1, 0.15) is 16.2 Å². The van der Waals surface area contributed by atoms with Gasteiger partial charge in [0.05, 0.1) is 11.9 Å². The number of nitrogens with zero attached hydrogens (tertiary/aromatic N) is 3. The van der Waals surface area contributed by atoms with Crippen molar-refractivity contribution < 1.29 is 9.18 Å². The number of rotatable bonds is 3. The van der Waals surface area contributed by atoms with Gasteiger partial charge in [-0.3, -0.25) is 4.79 Å². The molecule has 3 aromatic rings. The monoisotopic (exact) mass is 267 g/mol. The third-order valence-electron chi connectivity index (χ3n) is 2.85. The standard InChI is InChI=1S/C15H10FN3O/c16-12-7-4-9-17-14(12)15(20)13-8-10-18-19(13)11-5-2-1-3-6-11/h1-10H. The maximum Gasteiger partial charge on any atom is 0.232 e.